The molecule has 5 rings (SSSR count). The molecule has 1 N–H and O–H groups in total. The van der Waals surface area contributed by atoms with Crippen LogP contribution in [-0.2, 0) is 28.6 Å². The van der Waals surface area contributed by atoms with Gasteiger partial charge in [0.05, 0.1) is 22.7 Å². The molecule has 0 radical (unpaired) electrons. The summed E-state index contributed by atoms with van der Waals surface area (Å²) in [6, 6.07) is 21.3. The van der Waals surface area contributed by atoms with E-state index in [4.69, 9.17) is 16.6 Å². The Labute approximate surface area is 216 Å². The summed E-state index contributed by atoms with van der Waals surface area (Å²) < 4.78 is 15.2. The quantitative estimate of drug-likeness (QED) is 0.321. The molecule has 1 aliphatic heterocycles. The first kappa shape index (κ1) is 23.7. The van der Waals surface area contributed by atoms with E-state index < -0.39 is 11.0 Å². The molecule has 1 unspecified atom stereocenters. The Balaban J connectivity index is 1.34. The summed E-state index contributed by atoms with van der Waals surface area (Å²) in [6.07, 6.45) is 1.02. The summed E-state index contributed by atoms with van der Waals surface area (Å²) in [5.41, 5.74) is 5.80. The van der Waals surface area contributed by atoms with Crippen molar-refractivity contribution in [3.63, 3.8) is 0 Å². The van der Waals surface area contributed by atoms with E-state index in [0.717, 1.165) is 49.8 Å². The van der Waals surface area contributed by atoms with E-state index in [-0.39, 0.29) is 12.3 Å². The van der Waals surface area contributed by atoms with Crippen LogP contribution in [-0.4, -0.2) is 21.6 Å². The molecule has 0 spiro atoms. The van der Waals surface area contributed by atoms with Crippen LogP contribution in [0.15, 0.2) is 71.6 Å². The number of carbonyl (C=O) groups excluding carboxylic acids is 1. The molecule has 4 aromatic rings. The number of carbonyl (C=O) groups is 1. The number of hydrogen-bond acceptors (Lipinski definition) is 4. The Bertz CT molecular complexity index is 1450. The molecule has 0 bridgehead atoms. The number of fused-ring (bicyclic) bond motifs is 1. The predicted octanol–water partition coefficient (Wildman–Crippen LogP) is 6.35. The number of hydrogen-bond donors (Lipinski definition) is 1. The highest BCUT2D eigenvalue weighted by molar-refractivity contribution is 7.86. The van der Waals surface area contributed by atoms with Crippen LogP contribution in [0.25, 0.3) is 11.3 Å². The second-order valence-corrected chi connectivity index (χ2v) is 11.4. The molecule has 3 aromatic carbocycles. The number of rotatable bonds is 6. The van der Waals surface area contributed by atoms with Crippen LogP contribution in [0.1, 0.15) is 21.6 Å². The van der Waals surface area contributed by atoms with Crippen LogP contribution in [0, 0.1) is 13.8 Å². The molecule has 0 aliphatic carbocycles. The van der Waals surface area contributed by atoms with Gasteiger partial charge in [-0.15, -0.1) is 11.3 Å². The van der Waals surface area contributed by atoms with Crippen molar-refractivity contribution < 1.29 is 9.00 Å². The number of halogens is 1. The number of aryl methyl sites for hydroxylation is 2. The number of nitrogens with one attached hydrogen (secondary N) is 1. The highest BCUT2D eigenvalue weighted by Gasteiger charge is 2.26. The summed E-state index contributed by atoms with van der Waals surface area (Å²) in [5, 5.41) is 4.05. The second kappa shape index (κ2) is 9.93. The highest BCUT2D eigenvalue weighted by Crippen LogP contribution is 2.37. The summed E-state index contributed by atoms with van der Waals surface area (Å²) >= 11 is 7.64. The van der Waals surface area contributed by atoms with E-state index in [9.17, 15) is 9.00 Å². The van der Waals surface area contributed by atoms with Gasteiger partial charge in [-0.05, 0) is 61.2 Å². The van der Waals surface area contributed by atoms with Crippen molar-refractivity contribution in [3.8, 4) is 11.3 Å². The fourth-order valence-electron chi connectivity index (χ4n) is 4.26. The van der Waals surface area contributed by atoms with Crippen LogP contribution in [0.5, 0.6) is 0 Å². The Kier molecular flexibility index (Phi) is 6.73. The Morgan fingerprint density at radius 1 is 1.11 bits per heavy atom. The van der Waals surface area contributed by atoms with Crippen molar-refractivity contribution in [2.24, 2.45) is 0 Å². The average molecular weight is 522 g/mol. The lowest BCUT2D eigenvalue weighted by Crippen LogP contribution is -2.23. The highest BCUT2D eigenvalue weighted by atomic mass is 35.5. The molecule has 1 aromatic heterocycles. The Morgan fingerprint density at radius 2 is 1.89 bits per heavy atom. The van der Waals surface area contributed by atoms with Crippen molar-refractivity contribution in [2.75, 3.05) is 16.2 Å². The molecular formula is C27H24ClN3O2S2. The zero-order chi connectivity index (χ0) is 24.5. The normalized spacial score (nSPS) is 13.5. The van der Waals surface area contributed by atoms with E-state index in [0.29, 0.717) is 16.7 Å². The molecule has 5 nitrogen and oxygen atoms in total. The lowest BCUT2D eigenvalue weighted by atomic mass is 10.1. The zero-order valence-electron chi connectivity index (χ0n) is 19.4. The van der Waals surface area contributed by atoms with E-state index in [2.05, 4.69) is 11.4 Å². The molecule has 0 saturated carbocycles. The summed E-state index contributed by atoms with van der Waals surface area (Å²) in [7, 11) is -1.25. The first-order chi connectivity index (χ1) is 16.9. The van der Waals surface area contributed by atoms with Gasteiger partial charge in [0.25, 0.3) is 0 Å². The third-order valence-electron chi connectivity index (χ3n) is 6.04. The summed E-state index contributed by atoms with van der Waals surface area (Å²) in [6.45, 7) is 4.70. The monoisotopic (exact) mass is 521 g/mol. The third-order valence-corrected chi connectivity index (χ3v) is 8.91. The van der Waals surface area contributed by atoms with Crippen molar-refractivity contribution in [1.29, 1.82) is 0 Å². The number of aromatic nitrogens is 1. The van der Waals surface area contributed by atoms with Crippen molar-refractivity contribution in [2.45, 2.75) is 31.6 Å². The molecule has 8 heteroatoms. The molecule has 178 valence electrons. The van der Waals surface area contributed by atoms with Crippen molar-refractivity contribution in [1.82, 2.24) is 4.98 Å². The lowest BCUT2D eigenvalue weighted by Gasteiger charge is -2.19. The average Bonchev–Trinajstić information content (AvgIpc) is 3.43. The first-order valence-electron chi connectivity index (χ1n) is 11.3. The minimum atomic E-state index is -1.25. The maximum atomic E-state index is 13.3. The van der Waals surface area contributed by atoms with Crippen LogP contribution in [0.2, 0.25) is 5.02 Å². The number of nitrogens with zero attached hydrogens (tertiary/aromatic N) is 2. The van der Waals surface area contributed by atoms with Crippen molar-refractivity contribution >= 4 is 50.6 Å². The summed E-state index contributed by atoms with van der Waals surface area (Å²) in [5.74, 6) is -0.151. The Hall–Kier alpha value is -3.00. The topological polar surface area (TPSA) is 62.3 Å². The predicted molar refractivity (Wildman–Crippen MR) is 145 cm³/mol. The number of anilines is 2. The fourth-order valence-corrected chi connectivity index (χ4v) is 6.70. The van der Waals surface area contributed by atoms with Gasteiger partial charge < -0.3 is 5.32 Å². The zero-order valence-corrected chi connectivity index (χ0v) is 21.8. The molecule has 2 heterocycles. The fraction of sp³-hybridized carbons (Fsp3) is 0.185. The lowest BCUT2D eigenvalue weighted by molar-refractivity contribution is -0.115. The van der Waals surface area contributed by atoms with Gasteiger partial charge in [0.15, 0.2) is 16.1 Å². The minimum Gasteiger partial charge on any atom is -0.302 e. The van der Waals surface area contributed by atoms with E-state index >= 15 is 0 Å². The largest absolute Gasteiger partial charge is 0.302 e. The first-order valence-corrected chi connectivity index (χ1v) is 13.6. The Morgan fingerprint density at radius 3 is 2.69 bits per heavy atom. The smallest absolute Gasteiger partial charge is 0.230 e. The molecule has 35 heavy (non-hydrogen) atoms. The van der Waals surface area contributed by atoms with Crippen molar-refractivity contribution in [3.05, 3.63) is 93.3 Å². The third kappa shape index (κ3) is 4.89. The molecule has 1 atom stereocenters. The van der Waals surface area contributed by atoms with Crippen LogP contribution < -0.4 is 9.62 Å². The molecule has 0 saturated heterocycles. The molecule has 1 aliphatic rings. The molecule has 1 amide bonds. The van der Waals surface area contributed by atoms with Crippen LogP contribution in [0.4, 0.5) is 10.8 Å². The number of benzene rings is 3. The van der Waals surface area contributed by atoms with E-state index in [1.165, 1.54) is 11.3 Å². The second-order valence-electron chi connectivity index (χ2n) is 8.45. The van der Waals surface area contributed by atoms with Gasteiger partial charge >= 0.3 is 0 Å². The van der Waals surface area contributed by atoms with Gasteiger partial charge in [0, 0.05) is 22.0 Å². The molecular weight excluding hydrogens is 498 g/mol. The van der Waals surface area contributed by atoms with E-state index in [1.54, 1.807) is 6.07 Å². The van der Waals surface area contributed by atoms with Gasteiger partial charge in [-0.25, -0.2) is 9.19 Å². The SMILES string of the molecule is Cc1ccccc1S(=O)N1CCc2cc(-c3nc(NC(=O)Cc4ccccc4Cl)sc3C)ccc21. The minimum absolute atomic E-state index is 0.151. The molecule has 0 fully saturated rings. The van der Waals surface area contributed by atoms with Gasteiger partial charge in [-0.3, -0.25) is 9.10 Å². The van der Waals surface area contributed by atoms with Crippen LogP contribution >= 0.6 is 22.9 Å². The number of amides is 1. The van der Waals surface area contributed by atoms with Gasteiger partial charge in [-0.1, -0.05) is 54.1 Å². The van der Waals surface area contributed by atoms with Crippen LogP contribution in [0.3, 0.4) is 0 Å². The maximum Gasteiger partial charge on any atom is 0.230 e. The maximum absolute atomic E-state index is 13.3. The van der Waals surface area contributed by atoms with Gasteiger partial charge in [0.2, 0.25) is 5.91 Å². The summed E-state index contributed by atoms with van der Waals surface area (Å²) in [4.78, 5) is 19.1. The standard InChI is InChI=1S/C27H24ClN3O2S2/c1-17-7-3-6-10-24(17)35(33)31-14-13-20-15-21(11-12-23(20)31)26-18(2)34-27(30-26)29-25(32)16-19-8-4-5-9-22(19)28/h3-12,15H,13-14,16H2,1-2H3,(H,29,30,32). The van der Waals surface area contributed by atoms with Gasteiger partial charge in [0.1, 0.15) is 0 Å². The van der Waals surface area contributed by atoms with Gasteiger partial charge in [-0.2, -0.15) is 0 Å². The number of thiazole rings is 1. The van der Waals surface area contributed by atoms with E-state index in [1.807, 2.05) is 72.7 Å².